The molecule has 0 heterocycles. The molecule has 0 atom stereocenters. The Morgan fingerprint density at radius 3 is 1.04 bits per heavy atom. The van der Waals surface area contributed by atoms with Crippen LogP contribution in [0.3, 0.4) is 0 Å². The zero-order valence-corrected chi connectivity index (χ0v) is 33.0. The van der Waals surface area contributed by atoms with Gasteiger partial charge in [-0.3, -0.25) is 4.79 Å². The lowest BCUT2D eigenvalue weighted by Gasteiger charge is -2.29. The maximum absolute atomic E-state index is 12.8. The number of ether oxygens (including phenoxy) is 1. The first kappa shape index (κ1) is 46.4. The highest BCUT2D eigenvalue weighted by Crippen LogP contribution is 2.29. The fourth-order valence-electron chi connectivity index (χ4n) is 7.26. The van der Waals surface area contributed by atoms with Crippen LogP contribution in [0.1, 0.15) is 265 Å². The third kappa shape index (κ3) is 33.7. The minimum Gasteiger partial charge on any atom is -0.462 e. The van der Waals surface area contributed by atoms with Crippen molar-refractivity contribution in [3.8, 4) is 0 Å². The van der Waals surface area contributed by atoms with E-state index < -0.39 is 5.60 Å². The van der Waals surface area contributed by atoms with Gasteiger partial charge in [0.2, 0.25) is 0 Å². The van der Waals surface area contributed by atoms with Gasteiger partial charge in [0, 0.05) is 6.42 Å². The minimum atomic E-state index is -0.461. The zero-order valence-electron chi connectivity index (χ0n) is 33.0. The lowest BCUT2D eigenvalue weighted by molar-refractivity contribution is -0.150. The van der Waals surface area contributed by atoms with Gasteiger partial charge in [0.15, 0.2) is 0 Å². The minimum absolute atomic E-state index is 0.0331. The highest BCUT2D eigenvalue weighted by Gasteiger charge is 2.25. The molecule has 0 radical (unpaired) electrons. The van der Waals surface area contributed by atoms with Crippen LogP contribution < -0.4 is 0 Å². The summed E-state index contributed by atoms with van der Waals surface area (Å²) < 4.78 is 6.05. The Kier molecular flexibility index (Phi) is 36.3. The van der Waals surface area contributed by atoms with Gasteiger partial charge < -0.3 is 9.84 Å². The standard InChI is InChI=1S/C44H88O3/c1-5-9-13-17-21-27-33-39-44(46,40-34-28-22-18-14-10-6-2)41-35-29-23-26-32-38-43(45)47-42(36-30-24-19-15-11-7-3)37-31-25-20-16-12-8-4/h42,46H,5-41H2,1-4H3. The highest BCUT2D eigenvalue weighted by atomic mass is 16.5. The van der Waals surface area contributed by atoms with Crippen LogP contribution in [-0.2, 0) is 9.53 Å². The van der Waals surface area contributed by atoms with Crippen LogP contribution in [0.4, 0.5) is 0 Å². The Morgan fingerprint density at radius 2 is 0.702 bits per heavy atom. The van der Waals surface area contributed by atoms with E-state index in [4.69, 9.17) is 4.74 Å². The van der Waals surface area contributed by atoms with Gasteiger partial charge in [0.25, 0.3) is 0 Å². The molecule has 282 valence electrons. The molecule has 47 heavy (non-hydrogen) atoms. The number of hydrogen-bond acceptors (Lipinski definition) is 3. The predicted octanol–water partition coefficient (Wildman–Crippen LogP) is 15.1. The molecular weight excluding hydrogens is 576 g/mol. The fourth-order valence-corrected chi connectivity index (χ4v) is 7.26. The van der Waals surface area contributed by atoms with Crippen molar-refractivity contribution in [3.05, 3.63) is 0 Å². The first-order valence-electron chi connectivity index (χ1n) is 21.9. The predicted molar refractivity (Wildman–Crippen MR) is 208 cm³/mol. The quantitative estimate of drug-likeness (QED) is 0.0525. The molecule has 0 aromatic rings. The van der Waals surface area contributed by atoms with Crippen molar-refractivity contribution in [3.63, 3.8) is 0 Å². The van der Waals surface area contributed by atoms with Gasteiger partial charge >= 0.3 is 5.97 Å². The topological polar surface area (TPSA) is 46.5 Å². The molecule has 0 rings (SSSR count). The Hall–Kier alpha value is -0.570. The van der Waals surface area contributed by atoms with E-state index in [0.717, 1.165) is 57.8 Å². The van der Waals surface area contributed by atoms with Crippen LogP contribution in [-0.4, -0.2) is 22.8 Å². The van der Waals surface area contributed by atoms with E-state index in [1.54, 1.807) is 0 Å². The molecule has 0 saturated carbocycles. The van der Waals surface area contributed by atoms with Crippen LogP contribution in [0.15, 0.2) is 0 Å². The number of carbonyl (C=O) groups is 1. The van der Waals surface area contributed by atoms with Gasteiger partial charge in [0.1, 0.15) is 6.10 Å². The first-order chi connectivity index (χ1) is 23.0. The van der Waals surface area contributed by atoms with Crippen molar-refractivity contribution < 1.29 is 14.6 Å². The van der Waals surface area contributed by atoms with Crippen molar-refractivity contribution in [2.45, 2.75) is 277 Å². The van der Waals surface area contributed by atoms with Crippen molar-refractivity contribution in [1.29, 1.82) is 0 Å². The Morgan fingerprint density at radius 1 is 0.426 bits per heavy atom. The van der Waals surface area contributed by atoms with E-state index in [1.165, 1.54) is 173 Å². The summed E-state index contributed by atoms with van der Waals surface area (Å²) in [5.74, 6) is 0.0331. The Balaban J connectivity index is 4.39. The van der Waals surface area contributed by atoms with Crippen LogP contribution in [0, 0.1) is 0 Å². The average Bonchev–Trinajstić information content (AvgIpc) is 3.06. The van der Waals surface area contributed by atoms with Gasteiger partial charge in [-0.25, -0.2) is 0 Å². The molecule has 0 aromatic heterocycles. The molecule has 0 spiro atoms. The number of unbranched alkanes of at least 4 members (excludes halogenated alkanes) is 26. The molecule has 3 nitrogen and oxygen atoms in total. The van der Waals surface area contributed by atoms with E-state index in [0.29, 0.717) is 6.42 Å². The van der Waals surface area contributed by atoms with E-state index in [9.17, 15) is 9.90 Å². The third-order valence-corrected chi connectivity index (χ3v) is 10.6. The lowest BCUT2D eigenvalue weighted by atomic mass is 9.85. The Bertz CT molecular complexity index is 583. The molecule has 3 heteroatoms. The summed E-state index contributed by atoms with van der Waals surface area (Å²) in [4.78, 5) is 12.8. The molecule has 0 amide bonds. The molecule has 0 aromatic carbocycles. The molecule has 0 fully saturated rings. The summed E-state index contributed by atoms with van der Waals surface area (Å²) in [5.41, 5.74) is -0.461. The molecular formula is C44H88O3. The van der Waals surface area contributed by atoms with Crippen LogP contribution in [0.5, 0.6) is 0 Å². The maximum Gasteiger partial charge on any atom is 0.306 e. The van der Waals surface area contributed by atoms with Gasteiger partial charge in [-0.15, -0.1) is 0 Å². The second-order valence-corrected chi connectivity index (χ2v) is 15.5. The SMILES string of the molecule is CCCCCCCCCC(O)(CCCCCCCCC)CCCCCCCC(=O)OC(CCCCCCCC)CCCCCCCC. The number of esters is 1. The molecule has 1 N–H and O–H groups in total. The van der Waals surface area contributed by atoms with Gasteiger partial charge in [-0.2, -0.15) is 0 Å². The molecule has 0 unspecified atom stereocenters. The van der Waals surface area contributed by atoms with Gasteiger partial charge in [-0.05, 0) is 51.4 Å². The largest absolute Gasteiger partial charge is 0.462 e. The van der Waals surface area contributed by atoms with Crippen LogP contribution in [0.2, 0.25) is 0 Å². The van der Waals surface area contributed by atoms with Crippen molar-refractivity contribution in [1.82, 2.24) is 0 Å². The van der Waals surface area contributed by atoms with Crippen molar-refractivity contribution in [2.75, 3.05) is 0 Å². The van der Waals surface area contributed by atoms with E-state index in [-0.39, 0.29) is 12.1 Å². The summed E-state index contributed by atoms with van der Waals surface area (Å²) in [6.45, 7) is 9.10. The monoisotopic (exact) mass is 665 g/mol. The van der Waals surface area contributed by atoms with Crippen LogP contribution in [0.25, 0.3) is 0 Å². The number of hydrogen-bond donors (Lipinski definition) is 1. The second kappa shape index (κ2) is 36.7. The van der Waals surface area contributed by atoms with E-state index in [1.807, 2.05) is 0 Å². The van der Waals surface area contributed by atoms with Crippen molar-refractivity contribution >= 4 is 5.97 Å². The summed E-state index contributed by atoms with van der Waals surface area (Å²) in [7, 11) is 0. The molecule has 0 saturated heterocycles. The second-order valence-electron chi connectivity index (χ2n) is 15.5. The smallest absolute Gasteiger partial charge is 0.306 e. The number of carbonyl (C=O) groups excluding carboxylic acids is 1. The zero-order chi connectivity index (χ0) is 34.5. The van der Waals surface area contributed by atoms with E-state index >= 15 is 0 Å². The highest BCUT2D eigenvalue weighted by molar-refractivity contribution is 5.69. The lowest BCUT2D eigenvalue weighted by Crippen LogP contribution is -2.28. The summed E-state index contributed by atoms with van der Waals surface area (Å²) >= 11 is 0. The van der Waals surface area contributed by atoms with Gasteiger partial charge in [-0.1, -0.05) is 207 Å². The first-order valence-corrected chi connectivity index (χ1v) is 21.9. The Labute approximate surface area is 297 Å². The molecule has 0 aliphatic carbocycles. The molecule has 0 aliphatic heterocycles. The number of aliphatic hydroxyl groups is 1. The van der Waals surface area contributed by atoms with Gasteiger partial charge in [0.05, 0.1) is 5.60 Å². The number of rotatable bonds is 39. The third-order valence-electron chi connectivity index (χ3n) is 10.6. The normalized spacial score (nSPS) is 12.0. The van der Waals surface area contributed by atoms with E-state index in [2.05, 4.69) is 27.7 Å². The summed E-state index contributed by atoms with van der Waals surface area (Å²) in [6.07, 6.45) is 45.1. The summed E-state index contributed by atoms with van der Waals surface area (Å²) in [5, 5.41) is 11.6. The van der Waals surface area contributed by atoms with Crippen molar-refractivity contribution in [2.24, 2.45) is 0 Å². The fraction of sp³-hybridized carbons (Fsp3) is 0.977. The maximum atomic E-state index is 12.8. The average molecular weight is 665 g/mol. The van der Waals surface area contributed by atoms with Crippen LogP contribution >= 0.6 is 0 Å². The summed E-state index contributed by atoms with van der Waals surface area (Å²) in [6, 6.07) is 0. The molecule has 0 aliphatic rings. The molecule has 0 bridgehead atoms.